The molecule has 0 aromatic heterocycles. The maximum atomic E-state index is 11.8. The van der Waals surface area contributed by atoms with Gasteiger partial charge in [-0.05, 0) is 13.0 Å². The van der Waals surface area contributed by atoms with Crippen LogP contribution in [0.2, 0.25) is 0 Å². The molecule has 1 amide bonds. The van der Waals surface area contributed by atoms with Crippen molar-refractivity contribution in [3.63, 3.8) is 0 Å². The number of Topliss-reactive ketones (excluding diaryl/α,β-unsaturated/α-hetero) is 1. The minimum atomic E-state index is -0.657. The second-order valence-electron chi connectivity index (χ2n) is 4.45. The first kappa shape index (κ1) is 15.8. The fourth-order valence-corrected chi connectivity index (χ4v) is 1.83. The summed E-state index contributed by atoms with van der Waals surface area (Å²) in [5, 5.41) is 2.51. The molecule has 0 bridgehead atoms. The number of carbonyl (C=O) groups excluding carboxylic acids is 3. The summed E-state index contributed by atoms with van der Waals surface area (Å²) in [5.41, 5.74) is 0.547. The smallest absolute Gasteiger partial charge is 0.332 e. The SMILES string of the molecule is COCC(=O)OCC(=O)Nc1cc2c(cc1C(C)=O)OCO2. The van der Waals surface area contributed by atoms with Crippen LogP contribution in [0.25, 0.3) is 0 Å². The lowest BCUT2D eigenvalue weighted by molar-refractivity contribution is -0.150. The molecule has 118 valence electrons. The highest BCUT2D eigenvalue weighted by molar-refractivity contribution is 6.05. The highest BCUT2D eigenvalue weighted by Crippen LogP contribution is 2.37. The molecule has 0 saturated carbocycles. The molecule has 0 aliphatic carbocycles. The predicted molar refractivity (Wildman–Crippen MR) is 74.0 cm³/mol. The van der Waals surface area contributed by atoms with Gasteiger partial charge in [0.1, 0.15) is 6.61 Å². The van der Waals surface area contributed by atoms with E-state index in [4.69, 9.17) is 14.2 Å². The molecule has 1 aromatic carbocycles. The number of benzene rings is 1. The van der Waals surface area contributed by atoms with E-state index in [2.05, 4.69) is 10.1 Å². The van der Waals surface area contributed by atoms with Crippen LogP contribution in [0, 0.1) is 0 Å². The van der Waals surface area contributed by atoms with Crippen LogP contribution in [0.3, 0.4) is 0 Å². The van der Waals surface area contributed by atoms with Crippen molar-refractivity contribution in [2.45, 2.75) is 6.92 Å². The highest BCUT2D eigenvalue weighted by Gasteiger charge is 2.20. The zero-order valence-corrected chi connectivity index (χ0v) is 12.1. The summed E-state index contributed by atoms with van der Waals surface area (Å²) in [4.78, 5) is 34.5. The van der Waals surface area contributed by atoms with Gasteiger partial charge in [-0.2, -0.15) is 0 Å². The molecule has 1 N–H and O–H groups in total. The Morgan fingerprint density at radius 2 is 1.86 bits per heavy atom. The predicted octanol–water partition coefficient (Wildman–Crippen LogP) is 0.746. The quantitative estimate of drug-likeness (QED) is 0.611. The Bertz CT molecular complexity index is 611. The number of nitrogens with one attached hydrogen (secondary N) is 1. The molecule has 2 rings (SSSR count). The summed E-state index contributed by atoms with van der Waals surface area (Å²) in [6.07, 6.45) is 0. The van der Waals surface area contributed by atoms with Gasteiger partial charge in [0.25, 0.3) is 5.91 Å². The van der Waals surface area contributed by atoms with Gasteiger partial charge in [0.15, 0.2) is 23.9 Å². The van der Waals surface area contributed by atoms with E-state index < -0.39 is 18.5 Å². The fourth-order valence-electron chi connectivity index (χ4n) is 1.83. The summed E-state index contributed by atoms with van der Waals surface area (Å²) >= 11 is 0. The van der Waals surface area contributed by atoms with E-state index in [1.807, 2.05) is 0 Å². The lowest BCUT2D eigenvalue weighted by Crippen LogP contribution is -2.23. The summed E-state index contributed by atoms with van der Waals surface area (Å²) in [6, 6.07) is 2.99. The van der Waals surface area contributed by atoms with Gasteiger partial charge in [0, 0.05) is 18.7 Å². The highest BCUT2D eigenvalue weighted by atomic mass is 16.7. The molecule has 0 fully saturated rings. The number of ketones is 1. The van der Waals surface area contributed by atoms with Gasteiger partial charge >= 0.3 is 5.97 Å². The van der Waals surface area contributed by atoms with Crippen LogP contribution in [-0.4, -0.2) is 44.8 Å². The van der Waals surface area contributed by atoms with Gasteiger partial charge < -0.3 is 24.3 Å². The monoisotopic (exact) mass is 309 g/mol. The molecule has 0 radical (unpaired) electrons. The minimum Gasteiger partial charge on any atom is -0.454 e. The number of fused-ring (bicyclic) bond motifs is 1. The summed E-state index contributed by atoms with van der Waals surface area (Å²) < 4.78 is 19.6. The molecule has 1 aliphatic rings. The zero-order valence-electron chi connectivity index (χ0n) is 12.1. The van der Waals surface area contributed by atoms with Crippen molar-refractivity contribution in [2.75, 3.05) is 32.4 Å². The lowest BCUT2D eigenvalue weighted by Gasteiger charge is -2.10. The van der Waals surface area contributed by atoms with Gasteiger partial charge in [-0.15, -0.1) is 0 Å². The summed E-state index contributed by atoms with van der Waals surface area (Å²) in [5.74, 6) is -0.614. The number of amides is 1. The number of hydrogen-bond acceptors (Lipinski definition) is 7. The third-order valence-corrected chi connectivity index (χ3v) is 2.79. The number of anilines is 1. The topological polar surface area (TPSA) is 100 Å². The van der Waals surface area contributed by atoms with E-state index in [-0.39, 0.29) is 30.4 Å². The molecule has 0 spiro atoms. The number of ether oxygens (including phenoxy) is 4. The van der Waals surface area contributed by atoms with Crippen LogP contribution in [0.1, 0.15) is 17.3 Å². The van der Waals surface area contributed by atoms with Crippen LogP contribution in [-0.2, 0) is 19.1 Å². The first-order valence-corrected chi connectivity index (χ1v) is 6.40. The van der Waals surface area contributed by atoms with E-state index >= 15 is 0 Å². The van der Waals surface area contributed by atoms with Crippen LogP contribution in [0.4, 0.5) is 5.69 Å². The Balaban J connectivity index is 2.07. The molecule has 1 aliphatic heterocycles. The van der Waals surface area contributed by atoms with Crippen molar-refractivity contribution in [3.8, 4) is 11.5 Å². The maximum absolute atomic E-state index is 11.8. The number of carbonyl (C=O) groups is 3. The van der Waals surface area contributed by atoms with Crippen molar-refractivity contribution in [2.24, 2.45) is 0 Å². The molecule has 8 nitrogen and oxygen atoms in total. The molecule has 1 aromatic rings. The Hall–Kier alpha value is -2.61. The van der Waals surface area contributed by atoms with Crippen LogP contribution >= 0.6 is 0 Å². The maximum Gasteiger partial charge on any atom is 0.332 e. The zero-order chi connectivity index (χ0) is 16.1. The van der Waals surface area contributed by atoms with Crippen molar-refractivity contribution in [1.82, 2.24) is 0 Å². The molecule has 0 saturated heterocycles. The van der Waals surface area contributed by atoms with Gasteiger partial charge in [-0.3, -0.25) is 9.59 Å². The molecule has 0 unspecified atom stereocenters. The molecule has 0 atom stereocenters. The third kappa shape index (κ3) is 3.73. The van der Waals surface area contributed by atoms with Crippen LogP contribution in [0.15, 0.2) is 12.1 Å². The number of esters is 1. The summed E-state index contributed by atoms with van der Waals surface area (Å²) in [7, 11) is 1.34. The molecule has 8 heteroatoms. The van der Waals surface area contributed by atoms with E-state index in [0.717, 1.165) is 0 Å². The number of hydrogen-bond donors (Lipinski definition) is 1. The average Bonchev–Trinajstić information content (AvgIpc) is 2.91. The summed E-state index contributed by atoms with van der Waals surface area (Å²) in [6.45, 7) is 0.703. The van der Waals surface area contributed by atoms with E-state index in [1.54, 1.807) is 0 Å². The Kier molecular flexibility index (Phi) is 4.95. The van der Waals surface area contributed by atoms with Gasteiger partial charge in [0.05, 0.1) is 5.69 Å². The average molecular weight is 309 g/mol. The first-order chi connectivity index (χ1) is 10.5. The number of methoxy groups -OCH3 is 1. The largest absolute Gasteiger partial charge is 0.454 e. The Labute approximate surface area is 126 Å². The standard InChI is InChI=1S/C14H15NO7/c1-8(16)9-3-11-12(22-7-21-11)4-10(9)15-13(17)5-20-14(18)6-19-2/h3-4H,5-7H2,1-2H3,(H,15,17). The third-order valence-electron chi connectivity index (χ3n) is 2.79. The van der Waals surface area contributed by atoms with Gasteiger partial charge in [-0.1, -0.05) is 0 Å². The lowest BCUT2D eigenvalue weighted by atomic mass is 10.1. The molecular formula is C14H15NO7. The fraction of sp³-hybridized carbons (Fsp3) is 0.357. The van der Waals surface area contributed by atoms with E-state index in [0.29, 0.717) is 11.5 Å². The van der Waals surface area contributed by atoms with Crippen LogP contribution < -0.4 is 14.8 Å². The van der Waals surface area contributed by atoms with Crippen molar-refractivity contribution in [1.29, 1.82) is 0 Å². The van der Waals surface area contributed by atoms with E-state index in [9.17, 15) is 14.4 Å². The normalized spacial score (nSPS) is 11.9. The molecule has 1 heterocycles. The van der Waals surface area contributed by atoms with Crippen molar-refractivity contribution in [3.05, 3.63) is 17.7 Å². The van der Waals surface area contributed by atoms with Crippen LogP contribution in [0.5, 0.6) is 11.5 Å². The van der Waals surface area contributed by atoms with E-state index in [1.165, 1.54) is 26.2 Å². The van der Waals surface area contributed by atoms with Gasteiger partial charge in [-0.25, -0.2) is 4.79 Å². The van der Waals surface area contributed by atoms with Crippen molar-refractivity contribution < 1.29 is 33.3 Å². The molecular weight excluding hydrogens is 294 g/mol. The van der Waals surface area contributed by atoms with Crippen molar-refractivity contribution >= 4 is 23.3 Å². The Morgan fingerprint density at radius 3 is 2.50 bits per heavy atom. The van der Waals surface area contributed by atoms with Gasteiger partial charge in [0.2, 0.25) is 6.79 Å². The minimum absolute atomic E-state index is 0.0543. The number of rotatable bonds is 6. The second kappa shape index (κ2) is 6.90. The molecule has 22 heavy (non-hydrogen) atoms. The first-order valence-electron chi connectivity index (χ1n) is 6.40. The Morgan fingerprint density at radius 1 is 1.18 bits per heavy atom. The second-order valence-corrected chi connectivity index (χ2v) is 4.45.